The zero-order valence-electron chi connectivity index (χ0n) is 12.2. The van der Waals surface area contributed by atoms with Crippen LogP contribution in [-0.4, -0.2) is 30.1 Å². The number of pyridine rings is 1. The first-order valence-electron chi connectivity index (χ1n) is 6.23. The molecule has 0 bridgehead atoms. The molecule has 0 fully saturated rings. The molecule has 0 aliphatic rings. The van der Waals surface area contributed by atoms with E-state index in [4.69, 9.17) is 4.74 Å². The summed E-state index contributed by atoms with van der Waals surface area (Å²) < 4.78 is 6.54. The Hall–Kier alpha value is -0.690. The second kappa shape index (κ2) is 6.65. The minimum Gasteiger partial charge on any atom is -0.375 e. The lowest BCUT2D eigenvalue weighted by Gasteiger charge is -2.21. The number of halogens is 1. The van der Waals surface area contributed by atoms with Gasteiger partial charge in [-0.2, -0.15) is 0 Å². The van der Waals surface area contributed by atoms with Gasteiger partial charge in [0.1, 0.15) is 5.82 Å². The topological polar surface area (TPSA) is 42.4 Å². The van der Waals surface area contributed by atoms with Gasteiger partial charge in [-0.3, -0.25) is 9.69 Å². The van der Waals surface area contributed by atoms with E-state index in [-0.39, 0.29) is 11.5 Å². The molecule has 0 saturated heterocycles. The third-order valence-corrected chi connectivity index (χ3v) is 3.30. The van der Waals surface area contributed by atoms with Crippen LogP contribution in [0.25, 0.3) is 0 Å². The van der Waals surface area contributed by atoms with Crippen molar-refractivity contribution in [1.29, 1.82) is 0 Å². The van der Waals surface area contributed by atoms with E-state index in [1.165, 1.54) is 0 Å². The van der Waals surface area contributed by atoms with Gasteiger partial charge in [-0.1, -0.05) is 0 Å². The molecule has 19 heavy (non-hydrogen) atoms. The first kappa shape index (κ1) is 16.4. The van der Waals surface area contributed by atoms with Crippen molar-refractivity contribution in [2.24, 2.45) is 0 Å². The van der Waals surface area contributed by atoms with Gasteiger partial charge in [0.25, 0.3) is 0 Å². The lowest BCUT2D eigenvalue weighted by Crippen LogP contribution is -2.30. The second-order valence-electron chi connectivity index (χ2n) is 5.48. The van der Waals surface area contributed by atoms with Crippen molar-refractivity contribution in [2.45, 2.75) is 39.7 Å². The Bertz CT molecular complexity index is 455. The third kappa shape index (κ3) is 5.44. The number of carbonyl (C=O) groups excluding carboxylic acids is 1. The van der Waals surface area contributed by atoms with E-state index in [1.807, 2.05) is 33.8 Å². The Morgan fingerprint density at radius 2 is 2.11 bits per heavy atom. The quantitative estimate of drug-likeness (QED) is 0.759. The van der Waals surface area contributed by atoms with Crippen LogP contribution in [0.15, 0.2) is 12.3 Å². The molecule has 0 aliphatic carbocycles. The number of amides is 1. The zero-order chi connectivity index (χ0) is 14.6. The number of ether oxygens (including phenoxy) is 1. The fourth-order valence-electron chi connectivity index (χ4n) is 1.50. The maximum atomic E-state index is 12.1. The molecule has 1 rings (SSSR count). The maximum absolute atomic E-state index is 12.1. The fourth-order valence-corrected chi connectivity index (χ4v) is 2.50. The minimum absolute atomic E-state index is 0.0125. The highest BCUT2D eigenvalue weighted by atomic mass is 127. The molecule has 0 N–H and O–H groups in total. The number of aryl methyl sites for hydroxylation is 1. The predicted octanol–water partition coefficient (Wildman–Crippen LogP) is 3.16. The highest BCUT2D eigenvalue weighted by Crippen LogP contribution is 2.20. The molecule has 0 spiro atoms. The van der Waals surface area contributed by atoms with E-state index < -0.39 is 0 Å². The lowest BCUT2D eigenvalue weighted by atomic mass is 10.2. The van der Waals surface area contributed by atoms with Crippen molar-refractivity contribution in [3.63, 3.8) is 0 Å². The number of hydrogen-bond donors (Lipinski definition) is 0. The first-order chi connectivity index (χ1) is 8.70. The summed E-state index contributed by atoms with van der Waals surface area (Å²) in [5.41, 5.74) is 0.875. The van der Waals surface area contributed by atoms with Gasteiger partial charge in [0.2, 0.25) is 5.91 Å². The van der Waals surface area contributed by atoms with Crippen LogP contribution in [0.5, 0.6) is 0 Å². The fraction of sp³-hybridized carbons (Fsp3) is 0.571. The van der Waals surface area contributed by atoms with E-state index in [9.17, 15) is 4.79 Å². The summed E-state index contributed by atoms with van der Waals surface area (Å²) in [6.07, 6.45) is 2.13. The van der Waals surface area contributed by atoms with E-state index >= 15 is 0 Å². The summed E-state index contributed by atoms with van der Waals surface area (Å²) in [4.78, 5) is 18.0. The molecule has 0 radical (unpaired) electrons. The van der Waals surface area contributed by atoms with Crippen LogP contribution in [0, 0.1) is 10.5 Å². The number of hydrogen-bond acceptors (Lipinski definition) is 3. The van der Waals surface area contributed by atoms with Crippen LogP contribution in [0.2, 0.25) is 0 Å². The molecule has 1 heterocycles. The first-order valence-corrected chi connectivity index (χ1v) is 7.31. The minimum atomic E-state index is -0.213. The van der Waals surface area contributed by atoms with E-state index in [2.05, 4.69) is 27.6 Å². The van der Waals surface area contributed by atoms with Gasteiger partial charge in [0, 0.05) is 13.2 Å². The van der Waals surface area contributed by atoms with Crippen molar-refractivity contribution >= 4 is 34.3 Å². The number of aromatic nitrogens is 1. The molecule has 0 atom stereocenters. The van der Waals surface area contributed by atoms with Gasteiger partial charge < -0.3 is 4.74 Å². The molecule has 106 valence electrons. The Morgan fingerprint density at radius 1 is 1.47 bits per heavy atom. The molecule has 1 aromatic heterocycles. The largest absolute Gasteiger partial charge is 0.375 e. The van der Waals surface area contributed by atoms with Gasteiger partial charge in [-0.15, -0.1) is 0 Å². The SMILES string of the molecule is Cc1cnc(N(C)C(=O)CCOC(C)(C)C)c(I)c1. The summed E-state index contributed by atoms with van der Waals surface area (Å²) in [7, 11) is 1.75. The Kier molecular flexibility index (Phi) is 5.73. The summed E-state index contributed by atoms with van der Waals surface area (Å²) in [5.74, 6) is 0.713. The molecule has 0 aliphatic heterocycles. The van der Waals surface area contributed by atoms with E-state index in [1.54, 1.807) is 18.1 Å². The molecule has 0 saturated carbocycles. The Morgan fingerprint density at radius 3 is 2.63 bits per heavy atom. The van der Waals surface area contributed by atoms with Gasteiger partial charge in [0.15, 0.2) is 0 Å². The Balaban J connectivity index is 2.62. The van der Waals surface area contributed by atoms with Crippen molar-refractivity contribution in [3.05, 3.63) is 21.4 Å². The van der Waals surface area contributed by atoms with Gasteiger partial charge in [-0.25, -0.2) is 4.98 Å². The summed E-state index contributed by atoms with van der Waals surface area (Å²) in [6, 6.07) is 2.01. The number of carbonyl (C=O) groups is 1. The Labute approximate surface area is 128 Å². The summed E-state index contributed by atoms with van der Waals surface area (Å²) in [5, 5.41) is 0. The normalized spacial score (nSPS) is 11.5. The van der Waals surface area contributed by atoms with Crippen LogP contribution in [-0.2, 0) is 9.53 Å². The average Bonchev–Trinajstić information content (AvgIpc) is 2.26. The second-order valence-corrected chi connectivity index (χ2v) is 6.64. The highest BCUT2D eigenvalue weighted by Gasteiger charge is 2.16. The lowest BCUT2D eigenvalue weighted by molar-refractivity contribution is -0.120. The van der Waals surface area contributed by atoms with E-state index in [0.717, 1.165) is 9.13 Å². The van der Waals surface area contributed by atoms with Gasteiger partial charge >= 0.3 is 0 Å². The molecule has 5 heteroatoms. The maximum Gasteiger partial charge on any atom is 0.230 e. The number of rotatable bonds is 4. The molecular weight excluding hydrogens is 355 g/mol. The molecular formula is C14H21IN2O2. The number of nitrogens with zero attached hydrogens (tertiary/aromatic N) is 2. The van der Waals surface area contributed by atoms with Crippen LogP contribution >= 0.6 is 22.6 Å². The summed E-state index contributed by atoms with van der Waals surface area (Å²) in [6.45, 7) is 8.34. The standard InChI is InChI=1S/C14H21IN2O2/c1-10-8-11(15)13(16-9-10)17(5)12(18)6-7-19-14(2,3)4/h8-9H,6-7H2,1-5H3. The van der Waals surface area contributed by atoms with E-state index in [0.29, 0.717) is 18.8 Å². The van der Waals surface area contributed by atoms with Crippen molar-refractivity contribution < 1.29 is 9.53 Å². The monoisotopic (exact) mass is 376 g/mol. The van der Waals surface area contributed by atoms with Gasteiger partial charge in [0.05, 0.1) is 22.2 Å². The average molecular weight is 376 g/mol. The summed E-state index contributed by atoms with van der Waals surface area (Å²) >= 11 is 2.20. The van der Waals surface area contributed by atoms with Crippen LogP contribution in [0.4, 0.5) is 5.82 Å². The predicted molar refractivity (Wildman–Crippen MR) is 85.4 cm³/mol. The van der Waals surface area contributed by atoms with Crippen LogP contribution < -0.4 is 4.90 Å². The molecule has 0 unspecified atom stereocenters. The van der Waals surface area contributed by atoms with Crippen molar-refractivity contribution in [3.8, 4) is 0 Å². The highest BCUT2D eigenvalue weighted by molar-refractivity contribution is 14.1. The molecule has 4 nitrogen and oxygen atoms in total. The van der Waals surface area contributed by atoms with Crippen molar-refractivity contribution in [2.75, 3.05) is 18.6 Å². The number of anilines is 1. The van der Waals surface area contributed by atoms with Crippen LogP contribution in [0.3, 0.4) is 0 Å². The third-order valence-electron chi connectivity index (χ3n) is 2.50. The van der Waals surface area contributed by atoms with Gasteiger partial charge in [-0.05, 0) is 61.9 Å². The molecule has 1 amide bonds. The van der Waals surface area contributed by atoms with Crippen molar-refractivity contribution in [1.82, 2.24) is 4.98 Å². The van der Waals surface area contributed by atoms with Crippen LogP contribution in [0.1, 0.15) is 32.8 Å². The smallest absolute Gasteiger partial charge is 0.230 e. The molecule has 0 aromatic carbocycles. The molecule has 1 aromatic rings. The zero-order valence-corrected chi connectivity index (χ0v) is 14.3.